The van der Waals surface area contributed by atoms with E-state index in [0.717, 1.165) is 19.3 Å². The zero-order chi connectivity index (χ0) is 21.0. The fraction of sp³-hybridized carbons (Fsp3) is 0.409. The van der Waals surface area contributed by atoms with Crippen LogP contribution in [-0.2, 0) is 7.05 Å². The van der Waals surface area contributed by atoms with Crippen LogP contribution in [0.1, 0.15) is 19.3 Å². The van der Waals surface area contributed by atoms with Gasteiger partial charge in [0, 0.05) is 43.3 Å². The second-order valence-electron chi connectivity index (χ2n) is 8.37. The van der Waals surface area contributed by atoms with E-state index in [0.29, 0.717) is 33.9 Å². The molecule has 2 aliphatic heterocycles. The number of anilines is 1. The Kier molecular flexibility index (Phi) is 4.47. The van der Waals surface area contributed by atoms with Crippen LogP contribution in [0.2, 0.25) is 0 Å². The molecule has 2 saturated heterocycles. The minimum Gasteiger partial charge on any atom is -0.507 e. The first kappa shape index (κ1) is 19.0. The number of aromatic hydroxyl groups is 1. The van der Waals surface area contributed by atoms with Gasteiger partial charge in [-0.25, -0.2) is 4.39 Å². The predicted octanol–water partition coefficient (Wildman–Crippen LogP) is 2.37. The molecule has 2 bridgehead atoms. The molecule has 2 aromatic heterocycles. The largest absolute Gasteiger partial charge is 0.507 e. The van der Waals surface area contributed by atoms with Gasteiger partial charge < -0.3 is 19.9 Å². The number of nitrogens with one attached hydrogen (secondary N) is 1. The van der Waals surface area contributed by atoms with E-state index in [4.69, 9.17) is 0 Å². The maximum atomic E-state index is 14.9. The van der Waals surface area contributed by atoms with Gasteiger partial charge in [-0.3, -0.25) is 4.79 Å². The number of phenolic OH excluding ortho intramolecular Hbond substituents is 1. The first-order valence-electron chi connectivity index (χ1n) is 10.2. The molecule has 30 heavy (non-hydrogen) atoms. The molecule has 2 N–H and O–H groups in total. The molecule has 4 heterocycles. The van der Waals surface area contributed by atoms with Gasteiger partial charge in [-0.15, -0.1) is 10.2 Å². The fourth-order valence-corrected chi connectivity index (χ4v) is 4.76. The standard InChI is InChI=1S/C22H24FN5O2/c1-27-8-7-12-9-19(29)15(11-14(12)22(27)30)16-5-6-20(26-25-16)28(2)18-10-13-3-4-17(24-13)21(18)23/h5-9,11,13,17-18,21,24,29H,3-4,10H2,1-2H3/t13-,17+,18-,21+/m1/s1. The van der Waals surface area contributed by atoms with Crippen LogP contribution in [0.5, 0.6) is 5.75 Å². The van der Waals surface area contributed by atoms with Crippen molar-refractivity contribution in [1.29, 1.82) is 0 Å². The quantitative estimate of drug-likeness (QED) is 0.691. The van der Waals surface area contributed by atoms with Gasteiger partial charge in [0.2, 0.25) is 0 Å². The summed E-state index contributed by atoms with van der Waals surface area (Å²) in [5.41, 5.74) is 0.753. The Morgan fingerprint density at radius 1 is 1.23 bits per heavy atom. The van der Waals surface area contributed by atoms with Crippen molar-refractivity contribution in [1.82, 2.24) is 20.1 Å². The molecule has 0 radical (unpaired) electrons. The van der Waals surface area contributed by atoms with Gasteiger partial charge in [-0.05, 0) is 55.0 Å². The third-order valence-electron chi connectivity index (χ3n) is 6.54. The third kappa shape index (κ3) is 3.02. The lowest BCUT2D eigenvalue weighted by Crippen LogP contribution is -2.55. The van der Waals surface area contributed by atoms with Gasteiger partial charge in [0.15, 0.2) is 5.82 Å². The number of piperidine rings is 1. The summed E-state index contributed by atoms with van der Waals surface area (Å²) in [6, 6.07) is 8.56. The Morgan fingerprint density at radius 2 is 2.07 bits per heavy atom. The number of alkyl halides is 1. The lowest BCUT2D eigenvalue weighted by molar-refractivity contribution is 0.176. The topological polar surface area (TPSA) is 83.3 Å². The SMILES string of the molecule is CN(c1ccc(-c2cc3c(=O)n(C)ccc3cc2O)nn1)[C@@H]1C[C@H]2CC[C@H](N2)[C@@H]1F. The van der Waals surface area contributed by atoms with Gasteiger partial charge in [0.05, 0.1) is 11.7 Å². The van der Waals surface area contributed by atoms with Crippen LogP contribution in [0, 0.1) is 0 Å². The molecule has 0 spiro atoms. The van der Waals surface area contributed by atoms with E-state index >= 15 is 0 Å². The van der Waals surface area contributed by atoms with Gasteiger partial charge in [0.1, 0.15) is 11.9 Å². The Morgan fingerprint density at radius 3 is 2.83 bits per heavy atom. The van der Waals surface area contributed by atoms with Gasteiger partial charge in [-0.1, -0.05) is 0 Å². The van der Waals surface area contributed by atoms with Crippen LogP contribution in [0.15, 0.2) is 41.3 Å². The summed E-state index contributed by atoms with van der Waals surface area (Å²) in [5, 5.41) is 23.5. The van der Waals surface area contributed by atoms with Gasteiger partial charge >= 0.3 is 0 Å². The van der Waals surface area contributed by atoms with Gasteiger partial charge in [-0.2, -0.15) is 0 Å². The van der Waals surface area contributed by atoms with E-state index in [-0.39, 0.29) is 23.4 Å². The Bertz CT molecular complexity index is 1160. The summed E-state index contributed by atoms with van der Waals surface area (Å²) in [5.74, 6) is 0.619. The van der Waals surface area contributed by atoms with E-state index in [1.807, 2.05) is 11.9 Å². The monoisotopic (exact) mass is 409 g/mol. The van der Waals surface area contributed by atoms with Crippen LogP contribution in [0.25, 0.3) is 22.0 Å². The predicted molar refractivity (Wildman–Crippen MR) is 114 cm³/mol. The number of aryl methyl sites for hydroxylation is 1. The number of halogens is 1. The minimum absolute atomic E-state index is 0.0323. The molecule has 0 saturated carbocycles. The molecule has 8 heteroatoms. The summed E-state index contributed by atoms with van der Waals surface area (Å²) in [6.07, 6.45) is 3.35. The van der Waals surface area contributed by atoms with Crippen molar-refractivity contribution < 1.29 is 9.50 Å². The van der Waals surface area contributed by atoms with Crippen LogP contribution in [0.4, 0.5) is 10.2 Å². The van der Waals surface area contributed by atoms with Crippen molar-refractivity contribution >= 4 is 16.6 Å². The number of benzene rings is 1. The summed E-state index contributed by atoms with van der Waals surface area (Å²) >= 11 is 0. The van der Waals surface area contributed by atoms with Crippen molar-refractivity contribution in [3.63, 3.8) is 0 Å². The zero-order valence-electron chi connectivity index (χ0n) is 16.9. The highest BCUT2D eigenvalue weighted by atomic mass is 19.1. The van der Waals surface area contributed by atoms with Crippen molar-refractivity contribution in [3.05, 3.63) is 46.9 Å². The van der Waals surface area contributed by atoms with Gasteiger partial charge in [0.25, 0.3) is 5.56 Å². The van der Waals surface area contributed by atoms with Crippen LogP contribution < -0.4 is 15.8 Å². The van der Waals surface area contributed by atoms with E-state index in [9.17, 15) is 14.3 Å². The summed E-state index contributed by atoms with van der Waals surface area (Å²) in [6.45, 7) is 0. The molecule has 0 aliphatic carbocycles. The highest BCUT2D eigenvalue weighted by Crippen LogP contribution is 2.34. The normalized spacial score (nSPS) is 25.6. The Labute approximate surface area is 173 Å². The average molecular weight is 409 g/mol. The van der Waals surface area contributed by atoms with Crippen LogP contribution in [-0.4, -0.2) is 51.2 Å². The Hall–Kier alpha value is -3.00. The van der Waals surface area contributed by atoms with Crippen molar-refractivity contribution in [3.8, 4) is 17.0 Å². The first-order valence-corrected chi connectivity index (χ1v) is 10.2. The zero-order valence-corrected chi connectivity index (χ0v) is 16.9. The molecule has 2 fully saturated rings. The van der Waals surface area contributed by atoms with E-state index < -0.39 is 6.17 Å². The number of aromatic nitrogens is 3. The lowest BCUT2D eigenvalue weighted by atomic mass is 9.96. The van der Waals surface area contributed by atoms with Crippen molar-refractivity contribution in [2.75, 3.05) is 11.9 Å². The van der Waals surface area contributed by atoms with E-state index in [1.165, 1.54) is 4.57 Å². The highest BCUT2D eigenvalue weighted by molar-refractivity contribution is 5.89. The number of phenols is 1. The number of hydrogen-bond acceptors (Lipinski definition) is 6. The smallest absolute Gasteiger partial charge is 0.258 e. The minimum atomic E-state index is -0.948. The summed E-state index contributed by atoms with van der Waals surface area (Å²) < 4.78 is 16.4. The number of nitrogens with zero attached hydrogens (tertiary/aromatic N) is 4. The second kappa shape index (κ2) is 7.05. The molecule has 2 aliphatic rings. The number of pyridine rings is 1. The molecule has 3 aromatic rings. The number of rotatable bonds is 3. The van der Waals surface area contributed by atoms with E-state index in [2.05, 4.69) is 15.5 Å². The maximum Gasteiger partial charge on any atom is 0.258 e. The summed E-state index contributed by atoms with van der Waals surface area (Å²) in [7, 11) is 3.53. The number of fused-ring (bicyclic) bond motifs is 3. The molecule has 4 atom stereocenters. The molecular formula is C22H24FN5O2. The molecule has 7 nitrogen and oxygen atoms in total. The Balaban J connectivity index is 1.46. The van der Waals surface area contributed by atoms with Crippen molar-refractivity contribution in [2.24, 2.45) is 7.05 Å². The maximum absolute atomic E-state index is 14.9. The average Bonchev–Trinajstić information content (AvgIpc) is 3.16. The van der Waals surface area contributed by atoms with Crippen LogP contribution >= 0.6 is 0 Å². The molecular weight excluding hydrogens is 385 g/mol. The second-order valence-corrected chi connectivity index (χ2v) is 8.37. The van der Waals surface area contributed by atoms with E-state index in [1.54, 1.807) is 43.6 Å². The molecule has 0 unspecified atom stereocenters. The molecule has 156 valence electrons. The molecule has 0 amide bonds. The van der Waals surface area contributed by atoms with Crippen molar-refractivity contribution in [2.45, 2.75) is 43.6 Å². The number of hydrogen-bond donors (Lipinski definition) is 2. The molecule has 5 rings (SSSR count). The van der Waals surface area contributed by atoms with Crippen LogP contribution in [0.3, 0.4) is 0 Å². The summed E-state index contributed by atoms with van der Waals surface area (Å²) in [4.78, 5) is 14.3. The first-order chi connectivity index (χ1) is 14.4. The molecule has 1 aromatic carbocycles. The highest BCUT2D eigenvalue weighted by Gasteiger charge is 2.43. The lowest BCUT2D eigenvalue weighted by Gasteiger charge is -2.38. The third-order valence-corrected chi connectivity index (χ3v) is 6.54. The fourth-order valence-electron chi connectivity index (χ4n) is 4.76.